The van der Waals surface area contributed by atoms with Crippen LogP contribution in [-0.2, 0) is 14.9 Å². The highest BCUT2D eigenvalue weighted by atomic mass is 79.9. The number of carbonyl (C=O) groups excluding carboxylic acids is 1. The molecular formula is C19H14BrNO4S3. The van der Waals surface area contributed by atoms with Crippen LogP contribution in [0.15, 0.2) is 75.5 Å². The summed E-state index contributed by atoms with van der Waals surface area (Å²) in [6.45, 7) is 3.93. The molecule has 1 aliphatic rings. The minimum absolute atomic E-state index is 0.0428. The Kier molecular flexibility index (Phi) is 6.39. The summed E-state index contributed by atoms with van der Waals surface area (Å²) in [6.07, 6.45) is 3.16. The molecule has 1 fully saturated rings. The summed E-state index contributed by atoms with van der Waals surface area (Å²) in [4.78, 5) is 14.4. The summed E-state index contributed by atoms with van der Waals surface area (Å²) >= 11 is 9.73. The fourth-order valence-electron chi connectivity index (χ4n) is 2.39. The molecule has 0 saturated carbocycles. The average molecular weight is 496 g/mol. The van der Waals surface area contributed by atoms with Gasteiger partial charge in [0.05, 0.1) is 4.91 Å². The topological polar surface area (TPSA) is 63.7 Å². The molecule has 2 aromatic rings. The lowest BCUT2D eigenvalue weighted by atomic mass is 10.2. The van der Waals surface area contributed by atoms with Crippen molar-refractivity contribution >= 4 is 66.3 Å². The molecule has 0 radical (unpaired) electrons. The number of hydrogen-bond donors (Lipinski definition) is 0. The van der Waals surface area contributed by atoms with Crippen LogP contribution in [0.4, 0.5) is 0 Å². The first-order valence-electron chi connectivity index (χ1n) is 7.97. The van der Waals surface area contributed by atoms with Crippen molar-refractivity contribution in [2.75, 3.05) is 6.54 Å². The fraction of sp³-hybridized carbons (Fsp3) is 0.0526. The van der Waals surface area contributed by atoms with Gasteiger partial charge in [0.25, 0.3) is 5.91 Å². The molecule has 0 spiro atoms. The number of thioether (sulfide) groups is 1. The van der Waals surface area contributed by atoms with E-state index in [1.165, 1.54) is 23.1 Å². The number of carbonyl (C=O) groups is 1. The van der Waals surface area contributed by atoms with Gasteiger partial charge in [0, 0.05) is 16.6 Å². The van der Waals surface area contributed by atoms with Gasteiger partial charge >= 0.3 is 10.1 Å². The molecule has 0 unspecified atom stereocenters. The van der Waals surface area contributed by atoms with E-state index in [1.807, 2.05) is 0 Å². The van der Waals surface area contributed by atoms with Crippen LogP contribution in [0.25, 0.3) is 6.08 Å². The van der Waals surface area contributed by atoms with Gasteiger partial charge in [0.15, 0.2) is 0 Å². The van der Waals surface area contributed by atoms with Crippen molar-refractivity contribution in [2.24, 2.45) is 0 Å². The molecule has 28 heavy (non-hydrogen) atoms. The summed E-state index contributed by atoms with van der Waals surface area (Å²) in [6, 6.07) is 12.7. The molecule has 144 valence electrons. The lowest BCUT2D eigenvalue weighted by Crippen LogP contribution is -2.27. The van der Waals surface area contributed by atoms with Gasteiger partial charge in [0.1, 0.15) is 15.0 Å². The summed E-state index contributed by atoms with van der Waals surface area (Å²) in [5.74, 6) is -0.146. The van der Waals surface area contributed by atoms with E-state index in [9.17, 15) is 13.2 Å². The maximum Gasteiger partial charge on any atom is 0.339 e. The number of thiocarbonyl (C=S) groups is 1. The van der Waals surface area contributed by atoms with Crippen molar-refractivity contribution in [3.63, 3.8) is 0 Å². The first-order chi connectivity index (χ1) is 13.3. The zero-order valence-corrected chi connectivity index (χ0v) is 18.4. The Morgan fingerprint density at radius 1 is 1.21 bits per heavy atom. The molecule has 1 aliphatic heterocycles. The van der Waals surface area contributed by atoms with E-state index in [0.29, 0.717) is 25.8 Å². The van der Waals surface area contributed by atoms with E-state index in [0.717, 1.165) is 11.8 Å². The first kappa shape index (κ1) is 20.8. The second kappa shape index (κ2) is 8.60. The maximum atomic E-state index is 12.6. The largest absolute Gasteiger partial charge is 0.378 e. The summed E-state index contributed by atoms with van der Waals surface area (Å²) in [7, 11) is -4.01. The van der Waals surface area contributed by atoms with Crippen molar-refractivity contribution in [1.29, 1.82) is 0 Å². The van der Waals surface area contributed by atoms with Crippen LogP contribution in [0.2, 0.25) is 0 Å². The van der Waals surface area contributed by atoms with Crippen molar-refractivity contribution in [3.8, 4) is 5.75 Å². The molecule has 3 rings (SSSR count). The number of amides is 1. The number of halogens is 1. The third kappa shape index (κ3) is 4.54. The smallest absolute Gasteiger partial charge is 0.339 e. The second-order valence-electron chi connectivity index (χ2n) is 5.61. The Balaban J connectivity index is 1.98. The van der Waals surface area contributed by atoms with Gasteiger partial charge in [-0.05, 0) is 36.4 Å². The standard InChI is InChI=1S/C19H14BrNO4S3/c1-2-10-21-18(22)17(27-19(21)26)12-13-11-14(20)8-9-16(13)25-28(23,24)15-6-4-3-5-7-15/h2-9,11-12H,1,10H2/b17-12-. The van der Waals surface area contributed by atoms with E-state index >= 15 is 0 Å². The van der Waals surface area contributed by atoms with Crippen LogP contribution >= 0.6 is 39.9 Å². The maximum absolute atomic E-state index is 12.6. The van der Waals surface area contributed by atoms with Crippen LogP contribution in [0, 0.1) is 0 Å². The molecule has 0 atom stereocenters. The van der Waals surface area contributed by atoms with E-state index in [2.05, 4.69) is 22.5 Å². The Hall–Kier alpha value is -1.94. The first-order valence-corrected chi connectivity index (χ1v) is 11.4. The van der Waals surface area contributed by atoms with Gasteiger partial charge in [-0.25, -0.2) is 0 Å². The van der Waals surface area contributed by atoms with Crippen molar-refractivity contribution < 1.29 is 17.4 Å². The minimum Gasteiger partial charge on any atom is -0.378 e. The molecule has 0 N–H and O–H groups in total. The van der Waals surface area contributed by atoms with Gasteiger partial charge in [0.2, 0.25) is 0 Å². The monoisotopic (exact) mass is 495 g/mol. The van der Waals surface area contributed by atoms with Crippen molar-refractivity contribution in [3.05, 3.63) is 76.1 Å². The van der Waals surface area contributed by atoms with Gasteiger partial charge < -0.3 is 4.18 Å². The molecule has 9 heteroatoms. The van der Waals surface area contributed by atoms with Crippen LogP contribution in [0.1, 0.15) is 5.56 Å². The van der Waals surface area contributed by atoms with Crippen molar-refractivity contribution in [2.45, 2.75) is 4.90 Å². The van der Waals surface area contributed by atoms with Crippen LogP contribution in [-0.4, -0.2) is 30.1 Å². The van der Waals surface area contributed by atoms with E-state index in [4.69, 9.17) is 16.4 Å². The van der Waals surface area contributed by atoms with E-state index in [-0.39, 0.29) is 16.6 Å². The van der Waals surface area contributed by atoms with Crippen LogP contribution < -0.4 is 4.18 Å². The molecule has 0 aromatic heterocycles. The zero-order valence-electron chi connectivity index (χ0n) is 14.4. The van der Waals surface area contributed by atoms with E-state index in [1.54, 1.807) is 42.5 Å². The Morgan fingerprint density at radius 2 is 1.93 bits per heavy atom. The quantitative estimate of drug-likeness (QED) is 0.252. The van der Waals surface area contributed by atoms with Crippen LogP contribution in [0.5, 0.6) is 5.75 Å². The number of benzene rings is 2. The van der Waals surface area contributed by atoms with E-state index < -0.39 is 10.1 Å². The molecule has 5 nitrogen and oxygen atoms in total. The number of nitrogens with zero attached hydrogens (tertiary/aromatic N) is 1. The van der Waals surface area contributed by atoms with Gasteiger partial charge in [-0.1, -0.05) is 64.2 Å². The fourth-order valence-corrected chi connectivity index (χ4v) is 5.01. The normalized spacial score (nSPS) is 15.9. The number of rotatable bonds is 6. The highest BCUT2D eigenvalue weighted by molar-refractivity contribution is 9.10. The minimum atomic E-state index is -4.01. The van der Waals surface area contributed by atoms with Gasteiger partial charge in [-0.3, -0.25) is 9.69 Å². The lowest BCUT2D eigenvalue weighted by Gasteiger charge is -2.11. The molecule has 1 saturated heterocycles. The van der Waals surface area contributed by atoms with Crippen LogP contribution in [0.3, 0.4) is 0 Å². The molecule has 1 amide bonds. The predicted octanol–water partition coefficient (Wildman–Crippen LogP) is 4.60. The van der Waals surface area contributed by atoms with Crippen molar-refractivity contribution in [1.82, 2.24) is 4.90 Å². The molecule has 2 aromatic carbocycles. The molecular weight excluding hydrogens is 482 g/mol. The third-order valence-corrected chi connectivity index (χ3v) is 6.79. The zero-order chi connectivity index (χ0) is 20.3. The Morgan fingerprint density at radius 3 is 2.61 bits per heavy atom. The summed E-state index contributed by atoms with van der Waals surface area (Å²) in [5, 5.41) is 0. The summed E-state index contributed by atoms with van der Waals surface area (Å²) < 4.78 is 31.6. The highest BCUT2D eigenvalue weighted by Crippen LogP contribution is 2.35. The summed E-state index contributed by atoms with van der Waals surface area (Å²) in [5.41, 5.74) is 0.438. The Labute approximate surface area is 181 Å². The molecule has 0 bridgehead atoms. The van der Waals surface area contributed by atoms with Gasteiger partial charge in [-0.2, -0.15) is 8.42 Å². The third-order valence-electron chi connectivity index (χ3n) is 3.68. The van der Waals surface area contributed by atoms with Gasteiger partial charge in [-0.15, -0.1) is 6.58 Å². The SMILES string of the molecule is C=CCN1C(=O)/C(=C/c2cc(Br)ccc2OS(=O)(=O)c2ccccc2)SC1=S. The Bertz CT molecular complexity index is 1080. The highest BCUT2D eigenvalue weighted by Gasteiger charge is 2.31. The molecule has 1 heterocycles. The predicted molar refractivity (Wildman–Crippen MR) is 118 cm³/mol. The molecule has 0 aliphatic carbocycles. The number of hydrogen-bond acceptors (Lipinski definition) is 6. The second-order valence-corrected chi connectivity index (χ2v) is 9.75. The average Bonchev–Trinajstić information content (AvgIpc) is 2.92. The lowest BCUT2D eigenvalue weighted by molar-refractivity contribution is -0.121.